The molecule has 1 aromatic heterocycles. The van der Waals surface area contributed by atoms with E-state index in [1.807, 2.05) is 23.9 Å². The van der Waals surface area contributed by atoms with Gasteiger partial charge in [-0.2, -0.15) is 5.10 Å². The number of rotatable bonds is 7. The molecule has 2 heterocycles. The van der Waals surface area contributed by atoms with Crippen LogP contribution in [0.5, 0.6) is 0 Å². The molecule has 0 unspecified atom stereocenters. The summed E-state index contributed by atoms with van der Waals surface area (Å²) in [7, 11) is -1.83. The number of fused-ring (bicyclic) bond motifs is 1. The first-order valence-corrected chi connectivity index (χ1v) is 15.9. The van der Waals surface area contributed by atoms with Crippen LogP contribution >= 0.6 is 0 Å². The highest BCUT2D eigenvalue weighted by molar-refractivity contribution is 6.74. The number of amides is 1. The van der Waals surface area contributed by atoms with Gasteiger partial charge in [0, 0.05) is 5.39 Å². The molecule has 0 bridgehead atoms. The van der Waals surface area contributed by atoms with Crippen LogP contribution in [0.25, 0.3) is 10.9 Å². The fourth-order valence-electron chi connectivity index (χ4n) is 4.07. The number of carbonyl (C=O) groups excluding carboxylic acids is 1. The topological polar surface area (TPSA) is 89.8 Å². The molecule has 1 amide bonds. The molecule has 3 aromatic rings. The summed E-state index contributed by atoms with van der Waals surface area (Å²) in [6.07, 6.45) is 2.06. The number of ether oxygens (including phenoxy) is 1. The number of nitrogens with one attached hydrogen (secondary N) is 2. The third-order valence-electron chi connectivity index (χ3n) is 7.45. The van der Waals surface area contributed by atoms with Gasteiger partial charge in [-0.3, -0.25) is 25.3 Å². The normalized spacial score (nSPS) is 16.4. The van der Waals surface area contributed by atoms with Gasteiger partial charge in [0.2, 0.25) is 5.91 Å². The lowest BCUT2D eigenvalue weighted by molar-refractivity contribution is -0.121. The fraction of sp³-hybridized carbons (Fsp3) is 0.464. The molecule has 38 heavy (non-hydrogen) atoms. The first-order chi connectivity index (χ1) is 17.9. The van der Waals surface area contributed by atoms with E-state index in [1.54, 1.807) is 12.1 Å². The average molecular weight is 540 g/mol. The highest BCUT2D eigenvalue weighted by atomic mass is 28.4. The number of hydrazine groups is 1. The van der Waals surface area contributed by atoms with Gasteiger partial charge in [-0.25, -0.2) is 4.39 Å². The lowest BCUT2D eigenvalue weighted by atomic mass is 10.0. The van der Waals surface area contributed by atoms with E-state index in [9.17, 15) is 9.18 Å². The molecule has 4 rings (SSSR count). The Morgan fingerprint density at radius 1 is 1.24 bits per heavy atom. The van der Waals surface area contributed by atoms with Crippen LogP contribution in [0.2, 0.25) is 18.1 Å². The number of carbonyl (C=O) groups is 1. The Balaban J connectivity index is 1.37. The second kappa shape index (κ2) is 11.3. The Bertz CT molecular complexity index is 1310. The summed E-state index contributed by atoms with van der Waals surface area (Å²) in [5, 5.41) is 5.76. The highest BCUT2D eigenvalue weighted by Gasteiger charge is 2.36. The minimum Gasteiger partial charge on any atom is -0.415 e. The minimum absolute atomic E-state index is 0.155. The van der Waals surface area contributed by atoms with Crippen LogP contribution in [0.3, 0.4) is 0 Å². The van der Waals surface area contributed by atoms with Crippen LogP contribution in [0.1, 0.15) is 43.5 Å². The molecule has 0 saturated carbocycles. The summed E-state index contributed by atoms with van der Waals surface area (Å²) in [5.41, 5.74) is 9.41. The van der Waals surface area contributed by atoms with Crippen molar-refractivity contribution < 1.29 is 18.3 Å². The molecule has 1 atom stereocenters. The molecule has 1 aliphatic rings. The number of aliphatic imine (C=N–C) groups is 1. The zero-order valence-electron chi connectivity index (χ0n) is 23.1. The van der Waals surface area contributed by atoms with Crippen molar-refractivity contribution in [1.82, 2.24) is 20.6 Å². The average Bonchev–Trinajstić information content (AvgIpc) is 3.24. The predicted octanol–water partition coefficient (Wildman–Crippen LogP) is 4.84. The van der Waals surface area contributed by atoms with Gasteiger partial charge < -0.3 is 9.16 Å². The number of aromatic nitrogens is 2. The molecule has 8 nitrogen and oxygen atoms in total. The van der Waals surface area contributed by atoms with E-state index in [0.717, 1.165) is 27.6 Å². The third kappa shape index (κ3) is 6.67. The summed E-state index contributed by atoms with van der Waals surface area (Å²) in [4.78, 5) is 17.4. The van der Waals surface area contributed by atoms with Crippen molar-refractivity contribution in [1.29, 1.82) is 0 Å². The van der Waals surface area contributed by atoms with Crippen LogP contribution in [-0.2, 0) is 26.9 Å². The number of halogens is 1. The number of nitrogens with zero attached hydrogens (tertiary/aromatic N) is 3. The number of hydrogen-bond donors (Lipinski definition) is 2. The summed E-state index contributed by atoms with van der Waals surface area (Å²) in [5.74, 6) is 0.0355. The van der Waals surface area contributed by atoms with E-state index >= 15 is 0 Å². The monoisotopic (exact) mass is 539 g/mol. The lowest BCUT2D eigenvalue weighted by Gasteiger charge is -2.36. The van der Waals surface area contributed by atoms with Crippen molar-refractivity contribution in [3.8, 4) is 0 Å². The Morgan fingerprint density at radius 2 is 1.97 bits per heavy atom. The van der Waals surface area contributed by atoms with Crippen molar-refractivity contribution in [2.75, 3.05) is 19.8 Å². The third-order valence-corrected chi connectivity index (χ3v) is 12.0. The fourth-order valence-corrected chi connectivity index (χ4v) is 5.10. The van der Waals surface area contributed by atoms with Crippen LogP contribution in [0, 0.1) is 12.7 Å². The SMILES string of the molecule is Cc1cc2cnn(CCO[Si](C)(C)C(C)(C)C)c2cc1CC(=O)NNC1=N[C@H](c2ccc(F)cc2)COC1. The van der Waals surface area contributed by atoms with Crippen molar-refractivity contribution in [2.45, 2.75) is 64.8 Å². The maximum Gasteiger partial charge on any atom is 0.242 e. The van der Waals surface area contributed by atoms with Crippen LogP contribution in [-0.4, -0.2) is 49.7 Å². The minimum atomic E-state index is -1.83. The van der Waals surface area contributed by atoms with Gasteiger partial charge in [-0.1, -0.05) is 32.9 Å². The van der Waals surface area contributed by atoms with Gasteiger partial charge in [-0.15, -0.1) is 0 Å². The zero-order valence-corrected chi connectivity index (χ0v) is 24.1. The largest absolute Gasteiger partial charge is 0.415 e. The van der Waals surface area contributed by atoms with E-state index in [4.69, 9.17) is 9.16 Å². The van der Waals surface area contributed by atoms with E-state index < -0.39 is 8.32 Å². The highest BCUT2D eigenvalue weighted by Crippen LogP contribution is 2.36. The molecule has 10 heteroatoms. The smallest absolute Gasteiger partial charge is 0.242 e. The zero-order chi connectivity index (χ0) is 27.5. The van der Waals surface area contributed by atoms with E-state index in [1.165, 1.54) is 12.1 Å². The number of aryl methyl sites for hydroxylation is 1. The van der Waals surface area contributed by atoms with Gasteiger partial charge in [0.25, 0.3) is 0 Å². The number of hydrogen-bond acceptors (Lipinski definition) is 6. The second-order valence-electron chi connectivity index (χ2n) is 11.3. The standard InChI is InChI=1S/C28H38FN5O3Si/c1-19-13-22-16-30-34(11-12-37-38(5,6)28(2,3)4)25(22)14-21(19)15-27(35)33-32-26-18-36-17-24(31-26)20-7-9-23(29)10-8-20/h7-10,13-14,16,24H,11-12,15,17-18H2,1-6H3,(H,31,32)(H,33,35)/t24-/m0/s1. The van der Waals surface area contributed by atoms with Crippen LogP contribution in [0.15, 0.2) is 47.6 Å². The Morgan fingerprint density at radius 3 is 2.68 bits per heavy atom. The van der Waals surface area contributed by atoms with Gasteiger partial charge >= 0.3 is 0 Å². The predicted molar refractivity (Wildman–Crippen MR) is 150 cm³/mol. The molecule has 2 aromatic carbocycles. The molecule has 2 N–H and O–H groups in total. The molecule has 0 spiro atoms. The molecule has 0 radical (unpaired) electrons. The van der Waals surface area contributed by atoms with Crippen molar-refractivity contribution in [3.05, 3.63) is 65.1 Å². The molecule has 1 aliphatic heterocycles. The molecule has 0 fully saturated rings. The van der Waals surface area contributed by atoms with E-state index in [2.05, 4.69) is 60.9 Å². The lowest BCUT2D eigenvalue weighted by Crippen LogP contribution is -2.45. The van der Waals surface area contributed by atoms with Crippen LogP contribution < -0.4 is 10.9 Å². The van der Waals surface area contributed by atoms with Gasteiger partial charge in [0.1, 0.15) is 24.3 Å². The maximum absolute atomic E-state index is 13.2. The van der Waals surface area contributed by atoms with Gasteiger partial charge in [0.05, 0.1) is 37.9 Å². The Kier molecular flexibility index (Phi) is 8.34. The van der Waals surface area contributed by atoms with Crippen molar-refractivity contribution >= 4 is 31.0 Å². The first kappa shape index (κ1) is 27.9. The van der Waals surface area contributed by atoms with Crippen LogP contribution in [0.4, 0.5) is 4.39 Å². The first-order valence-electron chi connectivity index (χ1n) is 13.0. The van der Waals surface area contributed by atoms with Gasteiger partial charge in [0.15, 0.2) is 8.32 Å². The molecular formula is C28H38FN5O3Si. The van der Waals surface area contributed by atoms with Gasteiger partial charge in [-0.05, 0) is 66.0 Å². The Labute approximate surface area is 224 Å². The van der Waals surface area contributed by atoms with E-state index in [-0.39, 0.29) is 35.8 Å². The summed E-state index contributed by atoms with van der Waals surface area (Å²) >= 11 is 0. The second-order valence-corrected chi connectivity index (χ2v) is 16.1. The quantitative estimate of drug-likeness (QED) is 0.331. The van der Waals surface area contributed by atoms with Crippen molar-refractivity contribution in [2.24, 2.45) is 4.99 Å². The summed E-state index contributed by atoms with van der Waals surface area (Å²) < 4.78 is 27.1. The number of amidine groups is 1. The number of benzene rings is 2. The molecule has 204 valence electrons. The summed E-state index contributed by atoms with van der Waals surface area (Å²) in [6, 6.07) is 10.0. The summed E-state index contributed by atoms with van der Waals surface area (Å²) in [6.45, 7) is 15.1. The van der Waals surface area contributed by atoms with Crippen molar-refractivity contribution in [3.63, 3.8) is 0 Å². The molecular weight excluding hydrogens is 501 g/mol. The van der Waals surface area contributed by atoms with E-state index in [0.29, 0.717) is 25.6 Å². The maximum atomic E-state index is 13.2. The Hall–Kier alpha value is -3.08. The molecule has 0 aliphatic carbocycles. The molecule has 0 saturated heterocycles.